The van der Waals surface area contributed by atoms with Gasteiger partial charge in [-0.2, -0.15) is 5.21 Å². The maximum atomic E-state index is 13.9. The van der Waals surface area contributed by atoms with Crippen molar-refractivity contribution in [2.45, 2.75) is 39.2 Å². The van der Waals surface area contributed by atoms with Crippen molar-refractivity contribution in [2.75, 3.05) is 6.61 Å². The molecule has 1 aromatic carbocycles. The van der Waals surface area contributed by atoms with Crippen molar-refractivity contribution >= 4 is 27.9 Å². The molecule has 9 nitrogen and oxygen atoms in total. The molecule has 2 heterocycles. The van der Waals surface area contributed by atoms with E-state index in [4.69, 9.17) is 4.84 Å². The summed E-state index contributed by atoms with van der Waals surface area (Å²) >= 11 is 3.25. The molecule has 1 aliphatic carbocycles. The van der Waals surface area contributed by atoms with Crippen LogP contribution in [0.15, 0.2) is 34.6 Å². The van der Waals surface area contributed by atoms with Crippen LogP contribution in [0.25, 0.3) is 6.08 Å². The van der Waals surface area contributed by atoms with Crippen molar-refractivity contribution in [1.29, 1.82) is 0 Å². The molecule has 1 aliphatic rings. The molecule has 0 unspecified atom stereocenters. The number of halogens is 2. The number of unbranched alkanes of at least 4 members (excludes halogenated alkanes) is 1. The number of benzene rings is 1. The quantitative estimate of drug-likeness (QED) is 0.487. The highest BCUT2D eigenvalue weighted by Crippen LogP contribution is 2.28. The van der Waals surface area contributed by atoms with Crippen LogP contribution in [-0.2, 0) is 13.0 Å². The third-order valence-corrected chi connectivity index (χ3v) is 5.37. The highest BCUT2D eigenvalue weighted by Gasteiger charge is 2.26. The lowest BCUT2D eigenvalue weighted by atomic mass is 10.0. The van der Waals surface area contributed by atoms with Gasteiger partial charge in [0.1, 0.15) is 12.4 Å². The molecule has 2 aromatic heterocycles. The van der Waals surface area contributed by atoms with Crippen molar-refractivity contribution in [3.8, 4) is 0 Å². The van der Waals surface area contributed by atoms with Gasteiger partial charge in [-0.25, -0.2) is 4.39 Å². The number of fused-ring (bicyclic) bond motifs is 1. The number of allylic oxidation sites excluding steroid dienone is 1. The summed E-state index contributed by atoms with van der Waals surface area (Å²) in [6.45, 7) is 2.80. The number of carbonyl (C=O) groups excluding carboxylic acids is 1. The summed E-state index contributed by atoms with van der Waals surface area (Å²) in [4.78, 5) is 22.2. The number of carbonyl (C=O) groups is 1. The first kappa shape index (κ1) is 21.2. The van der Waals surface area contributed by atoms with E-state index in [0.29, 0.717) is 29.7 Å². The van der Waals surface area contributed by atoms with Crippen LogP contribution in [0.3, 0.4) is 0 Å². The lowest BCUT2D eigenvalue weighted by molar-refractivity contribution is 0.0730. The number of H-pyrrole nitrogens is 1. The van der Waals surface area contributed by atoms with Gasteiger partial charge < -0.3 is 9.74 Å². The molecular weight excluding hydrogens is 469 g/mol. The molecule has 11 heteroatoms. The van der Waals surface area contributed by atoms with Gasteiger partial charge in [0.25, 0.3) is 5.91 Å². The Bertz CT molecular complexity index is 1080. The number of rotatable bonds is 8. The number of amides is 1. The van der Waals surface area contributed by atoms with Gasteiger partial charge in [0.05, 0.1) is 18.4 Å². The summed E-state index contributed by atoms with van der Waals surface area (Å²) in [6.07, 6.45) is 6.84. The third-order valence-electron chi connectivity index (χ3n) is 4.91. The molecule has 0 saturated carbocycles. The highest BCUT2D eigenvalue weighted by atomic mass is 79.9. The summed E-state index contributed by atoms with van der Waals surface area (Å²) in [5.74, 6) is -0.497. The van der Waals surface area contributed by atoms with Gasteiger partial charge in [-0.3, -0.25) is 4.79 Å². The van der Waals surface area contributed by atoms with E-state index >= 15 is 0 Å². The van der Waals surface area contributed by atoms with Crippen LogP contribution < -0.4 is 4.84 Å². The molecule has 0 spiro atoms. The molecule has 0 atom stereocenters. The number of nitrogens with one attached hydrogen (secondary N) is 1. The average Bonchev–Trinajstić information content (AvgIpc) is 3.40. The van der Waals surface area contributed by atoms with Crippen LogP contribution in [0, 0.1) is 5.82 Å². The van der Waals surface area contributed by atoms with Gasteiger partial charge in [-0.05, 0) is 43.5 Å². The van der Waals surface area contributed by atoms with Crippen molar-refractivity contribution in [3.63, 3.8) is 0 Å². The summed E-state index contributed by atoms with van der Waals surface area (Å²) < 4.78 is 14.4. The molecule has 3 aromatic rings. The highest BCUT2D eigenvalue weighted by molar-refractivity contribution is 9.10. The lowest BCUT2D eigenvalue weighted by Crippen LogP contribution is -2.32. The van der Waals surface area contributed by atoms with E-state index in [2.05, 4.69) is 48.6 Å². The first-order chi connectivity index (χ1) is 15.0. The Morgan fingerprint density at radius 3 is 2.97 bits per heavy atom. The van der Waals surface area contributed by atoms with E-state index in [0.717, 1.165) is 29.8 Å². The fraction of sp³-hybridized carbons (Fsp3) is 0.350. The molecule has 31 heavy (non-hydrogen) atoms. The molecular formula is C20H21BrFN7O2. The summed E-state index contributed by atoms with van der Waals surface area (Å²) in [7, 11) is 0. The zero-order valence-corrected chi connectivity index (χ0v) is 18.5. The average molecular weight is 490 g/mol. The Morgan fingerprint density at radius 2 is 2.23 bits per heavy atom. The van der Waals surface area contributed by atoms with Crippen molar-refractivity contribution < 1.29 is 14.0 Å². The van der Waals surface area contributed by atoms with E-state index < -0.39 is 5.82 Å². The van der Waals surface area contributed by atoms with E-state index in [1.54, 1.807) is 22.0 Å². The number of nitrogens with zero attached hydrogens (tertiary/aromatic N) is 6. The predicted octanol–water partition coefficient (Wildman–Crippen LogP) is 3.16. The monoisotopic (exact) mass is 489 g/mol. The Labute approximate surface area is 186 Å². The number of hydrogen-bond donors (Lipinski definition) is 1. The van der Waals surface area contributed by atoms with Gasteiger partial charge in [0.15, 0.2) is 5.82 Å². The van der Waals surface area contributed by atoms with Gasteiger partial charge in [-0.1, -0.05) is 34.5 Å². The number of aromatic nitrogens is 6. The van der Waals surface area contributed by atoms with Crippen LogP contribution in [-0.4, -0.2) is 48.0 Å². The zero-order chi connectivity index (χ0) is 21.8. The minimum Gasteiger partial charge on any atom is -0.396 e. The minimum atomic E-state index is -0.498. The Morgan fingerprint density at radius 1 is 1.35 bits per heavy atom. The SMILES string of the molecule is CCCCOn1ncc2c1CCC(N(Cc1nn[nH]n1)C(=O)c1cc(F)cc(Br)c1)=C2. The van der Waals surface area contributed by atoms with Gasteiger partial charge in [0.2, 0.25) is 0 Å². The second-order valence-corrected chi connectivity index (χ2v) is 8.04. The van der Waals surface area contributed by atoms with Crippen LogP contribution in [0.4, 0.5) is 4.39 Å². The molecule has 0 fully saturated rings. The predicted molar refractivity (Wildman–Crippen MR) is 113 cm³/mol. The Kier molecular flexibility index (Phi) is 6.40. The molecule has 0 saturated heterocycles. The number of hydrogen-bond acceptors (Lipinski definition) is 6. The lowest BCUT2D eigenvalue weighted by Gasteiger charge is -2.27. The van der Waals surface area contributed by atoms with E-state index in [-0.39, 0.29) is 18.0 Å². The second-order valence-electron chi connectivity index (χ2n) is 7.12. The van der Waals surface area contributed by atoms with E-state index in [9.17, 15) is 9.18 Å². The summed E-state index contributed by atoms with van der Waals surface area (Å²) in [5, 5.41) is 18.2. The normalized spacial score (nSPS) is 12.9. The zero-order valence-electron chi connectivity index (χ0n) is 16.9. The minimum absolute atomic E-state index is 0.103. The Balaban J connectivity index is 1.64. The van der Waals surface area contributed by atoms with Gasteiger partial charge in [0, 0.05) is 21.3 Å². The first-order valence-electron chi connectivity index (χ1n) is 9.96. The smallest absolute Gasteiger partial charge is 0.258 e. The van der Waals surface area contributed by atoms with Crippen LogP contribution >= 0.6 is 15.9 Å². The van der Waals surface area contributed by atoms with Crippen LogP contribution in [0.5, 0.6) is 0 Å². The second kappa shape index (κ2) is 9.38. The first-order valence-corrected chi connectivity index (χ1v) is 10.8. The molecule has 0 radical (unpaired) electrons. The molecule has 4 rings (SSSR count). The summed E-state index contributed by atoms with van der Waals surface area (Å²) in [6, 6.07) is 4.10. The standard InChI is InChI=1S/C20H21BrFN7O2/c1-2-3-6-31-29-18-5-4-17(9-14(18)11-23-29)28(12-19-24-26-27-25-19)20(30)13-7-15(21)10-16(22)8-13/h7-11H,2-6,12H2,1H3,(H,24,25,26,27). The molecule has 0 bridgehead atoms. The van der Waals surface area contributed by atoms with Crippen molar-refractivity contribution in [2.24, 2.45) is 0 Å². The number of tetrazole rings is 1. The molecule has 0 aliphatic heterocycles. The van der Waals surface area contributed by atoms with Crippen molar-refractivity contribution in [1.82, 2.24) is 35.5 Å². The van der Waals surface area contributed by atoms with Crippen LogP contribution in [0.2, 0.25) is 0 Å². The fourth-order valence-corrected chi connectivity index (χ4v) is 3.84. The maximum Gasteiger partial charge on any atom is 0.258 e. The van der Waals surface area contributed by atoms with Gasteiger partial charge in [-0.15, -0.1) is 20.1 Å². The summed E-state index contributed by atoms with van der Waals surface area (Å²) in [5.41, 5.74) is 2.82. The van der Waals surface area contributed by atoms with Crippen molar-refractivity contribution in [3.05, 3.63) is 63.0 Å². The van der Waals surface area contributed by atoms with Gasteiger partial charge >= 0.3 is 0 Å². The van der Waals surface area contributed by atoms with E-state index in [1.807, 2.05) is 6.08 Å². The third kappa shape index (κ3) is 4.82. The molecule has 1 N–H and O–H groups in total. The fourth-order valence-electron chi connectivity index (χ4n) is 3.38. The Hall–Kier alpha value is -3.08. The maximum absolute atomic E-state index is 13.9. The molecule has 162 valence electrons. The van der Waals surface area contributed by atoms with Crippen LogP contribution in [0.1, 0.15) is 53.6 Å². The largest absolute Gasteiger partial charge is 0.396 e. The molecule has 1 amide bonds. The van der Waals surface area contributed by atoms with E-state index in [1.165, 1.54) is 12.1 Å². The topological polar surface area (TPSA) is 102 Å². The number of aromatic amines is 1.